The minimum Gasteiger partial charge on any atom is -0.456 e. The second-order valence-corrected chi connectivity index (χ2v) is 5.38. The second-order valence-electron chi connectivity index (χ2n) is 4.57. The smallest absolute Gasteiger partial charge is 0.146 e. The SMILES string of the molecule is CCNCc1ccc(Oc2ccc(C)cc2Cl)cc1Cl. The Hall–Kier alpha value is -1.22. The highest BCUT2D eigenvalue weighted by Crippen LogP contribution is 2.32. The van der Waals surface area contributed by atoms with E-state index in [-0.39, 0.29) is 0 Å². The van der Waals surface area contributed by atoms with Crippen LogP contribution in [0.15, 0.2) is 36.4 Å². The predicted molar refractivity (Wildman–Crippen MR) is 85.1 cm³/mol. The zero-order chi connectivity index (χ0) is 14.5. The highest BCUT2D eigenvalue weighted by molar-refractivity contribution is 6.32. The lowest BCUT2D eigenvalue weighted by atomic mass is 10.2. The second kappa shape index (κ2) is 6.98. The summed E-state index contributed by atoms with van der Waals surface area (Å²) in [7, 11) is 0. The van der Waals surface area contributed by atoms with Gasteiger partial charge in [0.05, 0.1) is 5.02 Å². The summed E-state index contributed by atoms with van der Waals surface area (Å²) in [6, 6.07) is 11.4. The fourth-order valence-corrected chi connectivity index (χ4v) is 2.32. The fraction of sp³-hybridized carbons (Fsp3) is 0.250. The number of ether oxygens (including phenoxy) is 1. The molecule has 0 bridgehead atoms. The van der Waals surface area contributed by atoms with Gasteiger partial charge in [-0.1, -0.05) is 42.3 Å². The quantitative estimate of drug-likeness (QED) is 0.819. The van der Waals surface area contributed by atoms with Gasteiger partial charge in [-0.25, -0.2) is 0 Å². The van der Waals surface area contributed by atoms with E-state index in [1.807, 2.05) is 43.3 Å². The minimum absolute atomic E-state index is 0.595. The largest absolute Gasteiger partial charge is 0.456 e. The molecule has 106 valence electrons. The van der Waals surface area contributed by atoms with Crippen molar-refractivity contribution in [1.82, 2.24) is 5.32 Å². The lowest BCUT2D eigenvalue weighted by Gasteiger charge is -2.10. The van der Waals surface area contributed by atoms with Crippen LogP contribution in [-0.2, 0) is 6.54 Å². The molecule has 0 aromatic heterocycles. The molecule has 4 heteroatoms. The van der Waals surface area contributed by atoms with Gasteiger partial charge in [-0.15, -0.1) is 0 Å². The number of aryl methyl sites for hydroxylation is 1. The number of hydrogen-bond donors (Lipinski definition) is 1. The Kier molecular flexibility index (Phi) is 5.30. The Bertz CT molecular complexity index is 599. The number of halogens is 2. The maximum atomic E-state index is 6.24. The van der Waals surface area contributed by atoms with Crippen molar-refractivity contribution in [3.8, 4) is 11.5 Å². The van der Waals surface area contributed by atoms with Crippen molar-refractivity contribution in [3.05, 3.63) is 57.6 Å². The molecule has 0 spiro atoms. The molecule has 0 aliphatic carbocycles. The molecule has 1 N–H and O–H groups in total. The van der Waals surface area contributed by atoms with Gasteiger partial charge in [0.1, 0.15) is 11.5 Å². The third kappa shape index (κ3) is 3.89. The Labute approximate surface area is 129 Å². The van der Waals surface area contributed by atoms with Gasteiger partial charge in [-0.3, -0.25) is 0 Å². The first-order valence-electron chi connectivity index (χ1n) is 6.53. The molecule has 0 fully saturated rings. The van der Waals surface area contributed by atoms with E-state index in [4.69, 9.17) is 27.9 Å². The number of hydrogen-bond acceptors (Lipinski definition) is 2. The van der Waals surface area contributed by atoms with E-state index in [0.717, 1.165) is 24.2 Å². The summed E-state index contributed by atoms with van der Waals surface area (Å²) in [5, 5.41) is 4.53. The third-order valence-corrected chi connectivity index (χ3v) is 3.55. The van der Waals surface area contributed by atoms with Crippen molar-refractivity contribution in [2.45, 2.75) is 20.4 Å². The number of rotatable bonds is 5. The molecule has 0 aliphatic rings. The molecule has 2 nitrogen and oxygen atoms in total. The van der Waals surface area contributed by atoms with Crippen LogP contribution in [0.2, 0.25) is 10.0 Å². The molecule has 2 aromatic rings. The minimum atomic E-state index is 0.595. The van der Waals surface area contributed by atoms with Crippen molar-refractivity contribution >= 4 is 23.2 Å². The van der Waals surface area contributed by atoms with Crippen LogP contribution in [0.4, 0.5) is 0 Å². The standard InChI is InChI=1S/C16H17Cl2NO/c1-3-19-10-12-5-6-13(9-14(12)17)20-16-7-4-11(2)8-15(16)18/h4-9,19H,3,10H2,1-2H3. The normalized spacial score (nSPS) is 10.6. The summed E-state index contributed by atoms with van der Waals surface area (Å²) in [6.07, 6.45) is 0. The number of benzene rings is 2. The molecule has 0 saturated carbocycles. The first kappa shape index (κ1) is 15.2. The van der Waals surface area contributed by atoms with Crippen LogP contribution in [-0.4, -0.2) is 6.54 Å². The summed E-state index contributed by atoms with van der Waals surface area (Å²) >= 11 is 12.4. The topological polar surface area (TPSA) is 21.3 Å². The Morgan fingerprint density at radius 2 is 1.85 bits per heavy atom. The molecule has 2 rings (SSSR count). The lowest BCUT2D eigenvalue weighted by molar-refractivity contribution is 0.482. The van der Waals surface area contributed by atoms with Crippen LogP contribution < -0.4 is 10.1 Å². The number of nitrogens with one attached hydrogen (secondary N) is 1. The molecule has 2 aromatic carbocycles. The fourth-order valence-electron chi connectivity index (χ4n) is 1.81. The molecule has 0 amide bonds. The molecule has 0 unspecified atom stereocenters. The van der Waals surface area contributed by atoms with Gasteiger partial charge in [0.15, 0.2) is 0 Å². The molecule has 0 aliphatic heterocycles. The maximum absolute atomic E-state index is 6.24. The average molecular weight is 310 g/mol. The molecule has 0 atom stereocenters. The van der Waals surface area contributed by atoms with E-state index in [1.54, 1.807) is 0 Å². The van der Waals surface area contributed by atoms with Crippen LogP contribution in [0, 0.1) is 6.92 Å². The van der Waals surface area contributed by atoms with E-state index in [2.05, 4.69) is 12.2 Å². The zero-order valence-electron chi connectivity index (χ0n) is 11.5. The first-order valence-corrected chi connectivity index (χ1v) is 7.29. The van der Waals surface area contributed by atoms with Gasteiger partial charge in [-0.2, -0.15) is 0 Å². The lowest BCUT2D eigenvalue weighted by Crippen LogP contribution is -2.11. The van der Waals surface area contributed by atoms with Gasteiger partial charge in [0.2, 0.25) is 0 Å². The maximum Gasteiger partial charge on any atom is 0.146 e. The molecular formula is C16H17Cl2NO. The van der Waals surface area contributed by atoms with Gasteiger partial charge in [0, 0.05) is 11.6 Å². The van der Waals surface area contributed by atoms with Crippen molar-refractivity contribution in [2.75, 3.05) is 6.54 Å². The van der Waals surface area contributed by atoms with Crippen molar-refractivity contribution in [1.29, 1.82) is 0 Å². The molecule has 0 saturated heterocycles. The third-order valence-electron chi connectivity index (χ3n) is 2.91. The first-order chi connectivity index (χ1) is 9.60. The highest BCUT2D eigenvalue weighted by atomic mass is 35.5. The van der Waals surface area contributed by atoms with Crippen LogP contribution in [0.3, 0.4) is 0 Å². The van der Waals surface area contributed by atoms with Gasteiger partial charge in [0.25, 0.3) is 0 Å². The van der Waals surface area contributed by atoms with E-state index in [1.165, 1.54) is 0 Å². The average Bonchev–Trinajstić information content (AvgIpc) is 2.41. The summed E-state index contributed by atoms with van der Waals surface area (Å²) in [5.41, 5.74) is 2.15. The van der Waals surface area contributed by atoms with Crippen molar-refractivity contribution < 1.29 is 4.74 Å². The van der Waals surface area contributed by atoms with Crippen molar-refractivity contribution in [3.63, 3.8) is 0 Å². The van der Waals surface area contributed by atoms with Crippen LogP contribution >= 0.6 is 23.2 Å². The van der Waals surface area contributed by atoms with E-state index in [0.29, 0.717) is 21.5 Å². The molecule has 0 radical (unpaired) electrons. The predicted octanol–water partition coefficient (Wildman–Crippen LogP) is 5.20. The molecular weight excluding hydrogens is 293 g/mol. The summed E-state index contributed by atoms with van der Waals surface area (Å²) in [5.74, 6) is 1.31. The zero-order valence-corrected chi connectivity index (χ0v) is 13.1. The Balaban J connectivity index is 2.15. The van der Waals surface area contributed by atoms with Gasteiger partial charge < -0.3 is 10.1 Å². The van der Waals surface area contributed by atoms with Crippen LogP contribution in [0.5, 0.6) is 11.5 Å². The Morgan fingerprint density at radius 3 is 2.50 bits per heavy atom. The monoisotopic (exact) mass is 309 g/mol. The van der Waals surface area contributed by atoms with Crippen LogP contribution in [0.1, 0.15) is 18.1 Å². The summed E-state index contributed by atoms with van der Waals surface area (Å²) in [4.78, 5) is 0. The van der Waals surface area contributed by atoms with E-state index in [9.17, 15) is 0 Å². The summed E-state index contributed by atoms with van der Waals surface area (Å²) in [6.45, 7) is 5.71. The van der Waals surface area contributed by atoms with Gasteiger partial charge in [-0.05, 0) is 48.9 Å². The summed E-state index contributed by atoms with van der Waals surface area (Å²) < 4.78 is 5.77. The highest BCUT2D eigenvalue weighted by Gasteiger charge is 2.06. The molecule has 0 heterocycles. The van der Waals surface area contributed by atoms with Gasteiger partial charge >= 0.3 is 0 Å². The van der Waals surface area contributed by atoms with Crippen molar-refractivity contribution in [2.24, 2.45) is 0 Å². The van der Waals surface area contributed by atoms with E-state index < -0.39 is 0 Å². The van der Waals surface area contributed by atoms with E-state index >= 15 is 0 Å². The van der Waals surface area contributed by atoms with Crippen LogP contribution in [0.25, 0.3) is 0 Å². The Morgan fingerprint density at radius 1 is 1.05 bits per heavy atom. The molecule has 20 heavy (non-hydrogen) atoms.